The van der Waals surface area contributed by atoms with Gasteiger partial charge in [-0.25, -0.2) is 0 Å². The highest BCUT2D eigenvalue weighted by atomic mass is 16.6. The number of allylic oxidation sites excluding steroid dienone is 2. The van der Waals surface area contributed by atoms with Crippen molar-refractivity contribution in [3.63, 3.8) is 0 Å². The van der Waals surface area contributed by atoms with Crippen LogP contribution in [-0.4, -0.2) is 37.2 Å². The zero-order valence-electron chi connectivity index (χ0n) is 31.3. The maximum Gasteiger partial charge on any atom is 0.306 e. The maximum absolute atomic E-state index is 12.6. The van der Waals surface area contributed by atoms with Gasteiger partial charge in [-0.2, -0.15) is 0 Å². The summed E-state index contributed by atoms with van der Waals surface area (Å²) in [5.74, 6) is -0.891. The molecule has 0 bridgehead atoms. The molecule has 0 aliphatic rings. The highest BCUT2D eigenvalue weighted by Gasteiger charge is 2.19. The summed E-state index contributed by atoms with van der Waals surface area (Å²) in [6.45, 7) is 6.53. The third-order valence-electron chi connectivity index (χ3n) is 8.77. The number of hydrogen-bond donors (Lipinski definition) is 0. The van der Waals surface area contributed by atoms with Crippen LogP contribution in [0.5, 0.6) is 0 Å². The van der Waals surface area contributed by atoms with Crippen LogP contribution >= 0.6 is 0 Å². The number of carbonyl (C=O) groups is 3. The van der Waals surface area contributed by atoms with Crippen molar-refractivity contribution in [2.45, 2.75) is 219 Å². The maximum atomic E-state index is 12.6. The van der Waals surface area contributed by atoms with Gasteiger partial charge in [-0.15, -0.1) is 0 Å². The van der Waals surface area contributed by atoms with E-state index in [0.29, 0.717) is 19.3 Å². The molecule has 1 unspecified atom stereocenters. The summed E-state index contributed by atoms with van der Waals surface area (Å²) in [6.07, 6.45) is 36.4. The molecule has 0 aliphatic carbocycles. The standard InChI is InChI=1S/C41H76O6/c1-4-7-10-13-16-18-19-20-21-22-24-25-28-31-34-40(43)46-37-38(36-45-39(42)33-30-27-15-12-9-6-3)47-41(44)35-32-29-26-23-17-14-11-8-5-2/h19-20,38H,4-18,21-37H2,1-3H3/b20-19-. The Balaban J connectivity index is 4.28. The minimum absolute atomic E-state index is 0.0707. The Bertz CT molecular complexity index is 733. The molecule has 276 valence electrons. The molecule has 47 heavy (non-hydrogen) atoms. The molecule has 0 saturated carbocycles. The lowest BCUT2D eigenvalue weighted by atomic mass is 10.1. The van der Waals surface area contributed by atoms with Crippen molar-refractivity contribution >= 4 is 17.9 Å². The molecular formula is C41H76O6. The molecule has 1 atom stereocenters. The summed E-state index contributed by atoms with van der Waals surface area (Å²) in [5.41, 5.74) is 0. The molecule has 0 spiro atoms. The largest absolute Gasteiger partial charge is 0.462 e. The fraction of sp³-hybridized carbons (Fsp3) is 0.878. The summed E-state index contributed by atoms with van der Waals surface area (Å²) < 4.78 is 16.5. The van der Waals surface area contributed by atoms with Crippen molar-refractivity contribution in [3.05, 3.63) is 12.2 Å². The minimum atomic E-state index is -0.761. The summed E-state index contributed by atoms with van der Waals surface area (Å²) in [4.78, 5) is 37.3. The summed E-state index contributed by atoms with van der Waals surface area (Å²) in [5, 5.41) is 0. The van der Waals surface area contributed by atoms with Crippen molar-refractivity contribution in [2.75, 3.05) is 13.2 Å². The van der Waals surface area contributed by atoms with E-state index in [-0.39, 0.29) is 31.1 Å². The van der Waals surface area contributed by atoms with E-state index >= 15 is 0 Å². The average Bonchev–Trinajstić information content (AvgIpc) is 3.06. The van der Waals surface area contributed by atoms with Crippen LogP contribution in [0.1, 0.15) is 213 Å². The second kappa shape index (κ2) is 37.0. The van der Waals surface area contributed by atoms with Crippen molar-refractivity contribution in [3.8, 4) is 0 Å². The molecule has 6 nitrogen and oxygen atoms in total. The molecule has 0 aromatic rings. The topological polar surface area (TPSA) is 78.9 Å². The highest BCUT2D eigenvalue weighted by molar-refractivity contribution is 5.71. The van der Waals surface area contributed by atoms with E-state index in [1.165, 1.54) is 109 Å². The summed E-state index contributed by atoms with van der Waals surface area (Å²) >= 11 is 0. The zero-order valence-corrected chi connectivity index (χ0v) is 31.3. The molecule has 0 radical (unpaired) electrons. The first-order valence-electron chi connectivity index (χ1n) is 20.2. The van der Waals surface area contributed by atoms with Gasteiger partial charge in [-0.1, -0.05) is 161 Å². The quantitative estimate of drug-likeness (QED) is 0.0287. The highest BCUT2D eigenvalue weighted by Crippen LogP contribution is 2.13. The van der Waals surface area contributed by atoms with E-state index in [2.05, 4.69) is 32.9 Å². The average molecular weight is 665 g/mol. The van der Waals surface area contributed by atoms with Crippen LogP contribution in [0.4, 0.5) is 0 Å². The number of carbonyl (C=O) groups excluding carboxylic acids is 3. The normalized spacial score (nSPS) is 12.0. The van der Waals surface area contributed by atoms with Crippen molar-refractivity contribution < 1.29 is 28.6 Å². The fourth-order valence-corrected chi connectivity index (χ4v) is 5.67. The van der Waals surface area contributed by atoms with E-state index in [0.717, 1.165) is 64.2 Å². The van der Waals surface area contributed by atoms with Crippen LogP contribution in [0, 0.1) is 0 Å². The molecule has 0 aromatic carbocycles. The van der Waals surface area contributed by atoms with Crippen LogP contribution in [0.2, 0.25) is 0 Å². The van der Waals surface area contributed by atoms with Gasteiger partial charge in [0, 0.05) is 19.3 Å². The predicted octanol–water partition coefficient (Wildman–Crippen LogP) is 12.3. The van der Waals surface area contributed by atoms with E-state index < -0.39 is 6.10 Å². The lowest BCUT2D eigenvalue weighted by molar-refractivity contribution is -0.167. The van der Waals surface area contributed by atoms with Gasteiger partial charge in [0.05, 0.1) is 0 Å². The summed E-state index contributed by atoms with van der Waals surface area (Å²) in [7, 11) is 0. The monoisotopic (exact) mass is 665 g/mol. The molecule has 0 saturated heterocycles. The molecule has 6 heteroatoms. The van der Waals surface area contributed by atoms with Gasteiger partial charge < -0.3 is 14.2 Å². The lowest BCUT2D eigenvalue weighted by Gasteiger charge is -2.18. The first kappa shape index (κ1) is 45.2. The third kappa shape index (κ3) is 35.3. The Kier molecular flexibility index (Phi) is 35.5. The van der Waals surface area contributed by atoms with Crippen LogP contribution in [0.15, 0.2) is 12.2 Å². The number of esters is 3. The molecular weight excluding hydrogens is 588 g/mol. The Morgan fingerprint density at radius 2 is 0.702 bits per heavy atom. The van der Waals surface area contributed by atoms with Gasteiger partial charge in [0.1, 0.15) is 13.2 Å². The van der Waals surface area contributed by atoms with Gasteiger partial charge in [-0.3, -0.25) is 14.4 Å². The molecule has 0 aliphatic heterocycles. The van der Waals surface area contributed by atoms with Gasteiger partial charge in [0.15, 0.2) is 6.10 Å². The van der Waals surface area contributed by atoms with Gasteiger partial charge in [0.25, 0.3) is 0 Å². The Hall–Kier alpha value is -1.85. The number of hydrogen-bond acceptors (Lipinski definition) is 6. The first-order valence-corrected chi connectivity index (χ1v) is 20.2. The SMILES string of the molecule is CCCCCCC/C=C\CCCCCCCC(=O)OCC(COC(=O)CCCCCCCC)OC(=O)CCCCCCCCCCC. The van der Waals surface area contributed by atoms with Crippen molar-refractivity contribution in [2.24, 2.45) is 0 Å². The Morgan fingerprint density at radius 3 is 1.06 bits per heavy atom. The first-order chi connectivity index (χ1) is 23.0. The Labute approximate surface area is 290 Å². The van der Waals surface area contributed by atoms with Crippen LogP contribution in [0.25, 0.3) is 0 Å². The Morgan fingerprint density at radius 1 is 0.404 bits per heavy atom. The second-order valence-electron chi connectivity index (χ2n) is 13.6. The van der Waals surface area contributed by atoms with Crippen LogP contribution < -0.4 is 0 Å². The van der Waals surface area contributed by atoms with Gasteiger partial charge in [0.2, 0.25) is 0 Å². The molecule has 0 amide bonds. The zero-order chi connectivity index (χ0) is 34.5. The smallest absolute Gasteiger partial charge is 0.306 e. The van der Waals surface area contributed by atoms with E-state index in [1.54, 1.807) is 0 Å². The fourth-order valence-electron chi connectivity index (χ4n) is 5.67. The molecule has 0 heterocycles. The number of ether oxygens (including phenoxy) is 3. The minimum Gasteiger partial charge on any atom is -0.462 e. The van der Waals surface area contributed by atoms with Crippen molar-refractivity contribution in [1.29, 1.82) is 0 Å². The third-order valence-corrected chi connectivity index (χ3v) is 8.77. The van der Waals surface area contributed by atoms with E-state index in [4.69, 9.17) is 14.2 Å². The van der Waals surface area contributed by atoms with E-state index in [9.17, 15) is 14.4 Å². The van der Waals surface area contributed by atoms with Gasteiger partial charge in [-0.05, 0) is 44.9 Å². The lowest BCUT2D eigenvalue weighted by Crippen LogP contribution is -2.30. The van der Waals surface area contributed by atoms with Crippen LogP contribution in [0.3, 0.4) is 0 Å². The number of rotatable bonds is 36. The molecule has 0 aromatic heterocycles. The van der Waals surface area contributed by atoms with Crippen molar-refractivity contribution in [1.82, 2.24) is 0 Å². The van der Waals surface area contributed by atoms with Crippen LogP contribution in [-0.2, 0) is 28.6 Å². The predicted molar refractivity (Wildman–Crippen MR) is 196 cm³/mol. The van der Waals surface area contributed by atoms with E-state index in [1.807, 2.05) is 0 Å². The molecule has 0 rings (SSSR count). The second-order valence-corrected chi connectivity index (χ2v) is 13.6. The van der Waals surface area contributed by atoms with Gasteiger partial charge >= 0.3 is 17.9 Å². The summed E-state index contributed by atoms with van der Waals surface area (Å²) in [6, 6.07) is 0. The molecule has 0 N–H and O–H groups in total. The molecule has 0 fully saturated rings. The number of unbranched alkanes of at least 4 members (excludes halogenated alkanes) is 23.